The maximum absolute atomic E-state index is 6.12. The van der Waals surface area contributed by atoms with Crippen LogP contribution < -0.4 is 5.32 Å². The van der Waals surface area contributed by atoms with Crippen LogP contribution in [0.2, 0.25) is 15.1 Å². The summed E-state index contributed by atoms with van der Waals surface area (Å²) in [7, 11) is 0. The Morgan fingerprint density at radius 1 is 1.05 bits per heavy atom. The number of aromatic nitrogens is 2. The van der Waals surface area contributed by atoms with E-state index in [1.54, 1.807) is 6.07 Å². The quantitative estimate of drug-likeness (QED) is 0.741. The first-order chi connectivity index (χ1) is 9.63. The second-order valence-electron chi connectivity index (χ2n) is 4.30. The van der Waals surface area contributed by atoms with Gasteiger partial charge >= 0.3 is 0 Å². The number of halogens is 3. The summed E-state index contributed by atoms with van der Waals surface area (Å²) in [5, 5.41) is 4.93. The average molecular weight is 327 g/mol. The maximum atomic E-state index is 6.12. The molecule has 2 heterocycles. The number of pyridine rings is 1. The molecule has 20 heavy (non-hydrogen) atoms. The molecule has 102 valence electrons. The Kier molecular flexibility index (Phi) is 3.74. The summed E-state index contributed by atoms with van der Waals surface area (Å²) in [6.07, 6.45) is 3.74. The van der Waals surface area contributed by atoms with Gasteiger partial charge in [-0.05, 0) is 24.3 Å². The van der Waals surface area contributed by atoms with Crippen molar-refractivity contribution >= 4 is 46.1 Å². The predicted molar refractivity (Wildman–Crippen MR) is 84.0 cm³/mol. The second-order valence-corrected chi connectivity index (χ2v) is 5.52. The summed E-state index contributed by atoms with van der Waals surface area (Å²) in [5.74, 6) is 0. The molecule has 3 aromatic rings. The molecular weight excluding hydrogens is 317 g/mol. The van der Waals surface area contributed by atoms with E-state index >= 15 is 0 Å². The van der Waals surface area contributed by atoms with Gasteiger partial charge in [-0.1, -0.05) is 40.9 Å². The van der Waals surface area contributed by atoms with Crippen molar-refractivity contribution in [2.45, 2.75) is 6.54 Å². The molecule has 2 aromatic heterocycles. The molecule has 0 saturated heterocycles. The molecule has 0 aliphatic carbocycles. The lowest BCUT2D eigenvalue weighted by Crippen LogP contribution is -2.00. The summed E-state index contributed by atoms with van der Waals surface area (Å²) in [5.41, 5.74) is 2.53. The van der Waals surface area contributed by atoms with Crippen LogP contribution >= 0.6 is 34.8 Å². The molecular formula is C14H10Cl3N3. The first kappa shape index (κ1) is 13.6. The topological polar surface area (TPSA) is 29.3 Å². The Labute approximate surface area is 131 Å². The van der Waals surface area contributed by atoms with Crippen molar-refractivity contribution in [1.29, 1.82) is 0 Å². The maximum Gasteiger partial charge on any atom is 0.137 e. The van der Waals surface area contributed by atoms with E-state index < -0.39 is 0 Å². The normalized spacial score (nSPS) is 10.9. The summed E-state index contributed by atoms with van der Waals surface area (Å²) in [6, 6.07) is 9.16. The minimum absolute atomic E-state index is 0.515. The molecule has 0 bridgehead atoms. The van der Waals surface area contributed by atoms with Crippen molar-refractivity contribution in [3.05, 3.63) is 63.5 Å². The van der Waals surface area contributed by atoms with Gasteiger partial charge < -0.3 is 9.72 Å². The molecule has 0 aliphatic rings. The molecule has 6 heteroatoms. The van der Waals surface area contributed by atoms with Gasteiger partial charge in [-0.2, -0.15) is 0 Å². The summed E-state index contributed by atoms with van der Waals surface area (Å²) >= 11 is 18.0. The van der Waals surface area contributed by atoms with Crippen LogP contribution in [0.25, 0.3) is 5.65 Å². The van der Waals surface area contributed by atoms with E-state index in [0.717, 1.165) is 17.0 Å². The van der Waals surface area contributed by atoms with Crippen LogP contribution in [0, 0.1) is 0 Å². The Bertz CT molecular complexity index is 767. The van der Waals surface area contributed by atoms with E-state index in [4.69, 9.17) is 34.8 Å². The van der Waals surface area contributed by atoms with Gasteiger partial charge in [0.1, 0.15) is 5.65 Å². The number of benzene rings is 1. The van der Waals surface area contributed by atoms with Gasteiger partial charge in [0.15, 0.2) is 0 Å². The third-order valence-corrected chi connectivity index (χ3v) is 3.92. The molecule has 0 spiro atoms. The van der Waals surface area contributed by atoms with Crippen LogP contribution in [-0.2, 0) is 6.54 Å². The molecule has 0 atom stereocenters. The van der Waals surface area contributed by atoms with E-state index in [-0.39, 0.29) is 0 Å². The fourth-order valence-corrected chi connectivity index (χ4v) is 2.46. The predicted octanol–water partition coefficient (Wildman–Crippen LogP) is 4.91. The zero-order valence-corrected chi connectivity index (χ0v) is 12.5. The molecule has 0 aliphatic heterocycles. The van der Waals surface area contributed by atoms with Crippen LogP contribution in [-0.4, -0.2) is 9.38 Å². The molecule has 3 nitrogen and oxygen atoms in total. The largest absolute Gasteiger partial charge is 0.378 e. The van der Waals surface area contributed by atoms with Gasteiger partial charge in [-0.25, -0.2) is 4.98 Å². The van der Waals surface area contributed by atoms with Gasteiger partial charge in [0, 0.05) is 12.4 Å². The average Bonchev–Trinajstić information content (AvgIpc) is 2.82. The third kappa shape index (κ3) is 2.70. The number of anilines is 1. The van der Waals surface area contributed by atoms with Crippen molar-refractivity contribution in [1.82, 2.24) is 9.38 Å². The zero-order valence-electron chi connectivity index (χ0n) is 10.3. The Balaban J connectivity index is 1.81. The van der Waals surface area contributed by atoms with E-state index in [2.05, 4.69) is 10.3 Å². The van der Waals surface area contributed by atoms with Crippen LogP contribution in [0.5, 0.6) is 0 Å². The number of hydrogen-bond donors (Lipinski definition) is 1. The number of fused-ring (bicyclic) bond motifs is 1. The number of hydrogen-bond acceptors (Lipinski definition) is 2. The molecule has 3 rings (SSSR count). The molecule has 0 amide bonds. The highest BCUT2D eigenvalue weighted by molar-refractivity contribution is 6.43. The van der Waals surface area contributed by atoms with E-state index in [1.807, 2.05) is 41.1 Å². The molecule has 0 fully saturated rings. The summed E-state index contributed by atoms with van der Waals surface area (Å²) < 4.78 is 1.89. The van der Waals surface area contributed by atoms with Gasteiger partial charge in [0.05, 0.1) is 33.0 Å². The van der Waals surface area contributed by atoms with Crippen molar-refractivity contribution in [3.8, 4) is 0 Å². The van der Waals surface area contributed by atoms with Gasteiger partial charge in [-0.3, -0.25) is 0 Å². The third-order valence-electron chi connectivity index (χ3n) is 2.88. The van der Waals surface area contributed by atoms with Crippen molar-refractivity contribution < 1.29 is 0 Å². The fraction of sp³-hybridized carbons (Fsp3) is 0.0714. The lowest BCUT2D eigenvalue weighted by molar-refractivity contribution is 1.08. The second kappa shape index (κ2) is 5.52. The van der Waals surface area contributed by atoms with Crippen LogP contribution in [0.1, 0.15) is 5.69 Å². The summed E-state index contributed by atoms with van der Waals surface area (Å²) in [6.45, 7) is 0.555. The number of rotatable bonds is 3. The zero-order chi connectivity index (χ0) is 14.1. The molecule has 0 unspecified atom stereocenters. The van der Waals surface area contributed by atoms with E-state index in [0.29, 0.717) is 21.6 Å². The summed E-state index contributed by atoms with van der Waals surface area (Å²) in [4.78, 5) is 4.49. The van der Waals surface area contributed by atoms with Gasteiger partial charge in [-0.15, -0.1) is 0 Å². The van der Waals surface area contributed by atoms with Crippen LogP contribution in [0.4, 0.5) is 5.69 Å². The minimum Gasteiger partial charge on any atom is -0.378 e. The standard InChI is InChI=1S/C14H10Cl3N3/c15-9-4-5-13-19-10(8-20(13)7-9)6-18-12-3-1-2-11(16)14(12)17/h1-5,7-8,18H,6H2. The lowest BCUT2D eigenvalue weighted by atomic mass is 10.3. The molecule has 1 N–H and O–H groups in total. The number of imidazole rings is 1. The first-order valence-corrected chi connectivity index (χ1v) is 7.08. The Hall–Kier alpha value is -1.42. The lowest BCUT2D eigenvalue weighted by Gasteiger charge is -2.07. The van der Waals surface area contributed by atoms with E-state index in [1.165, 1.54) is 0 Å². The first-order valence-electron chi connectivity index (χ1n) is 5.94. The van der Waals surface area contributed by atoms with Crippen LogP contribution in [0.3, 0.4) is 0 Å². The molecule has 0 radical (unpaired) electrons. The Morgan fingerprint density at radius 2 is 1.90 bits per heavy atom. The van der Waals surface area contributed by atoms with Gasteiger partial charge in [0.2, 0.25) is 0 Å². The molecule has 0 saturated carbocycles. The monoisotopic (exact) mass is 325 g/mol. The number of nitrogens with zero attached hydrogens (tertiary/aromatic N) is 2. The minimum atomic E-state index is 0.515. The molecule has 1 aromatic carbocycles. The SMILES string of the molecule is Clc1ccc2nc(CNc3cccc(Cl)c3Cl)cn2c1. The highest BCUT2D eigenvalue weighted by Crippen LogP contribution is 2.29. The number of nitrogens with one attached hydrogen (secondary N) is 1. The van der Waals surface area contributed by atoms with Crippen molar-refractivity contribution in [2.75, 3.05) is 5.32 Å². The highest BCUT2D eigenvalue weighted by Gasteiger charge is 2.06. The fourth-order valence-electron chi connectivity index (χ4n) is 1.93. The van der Waals surface area contributed by atoms with Crippen molar-refractivity contribution in [2.24, 2.45) is 0 Å². The van der Waals surface area contributed by atoms with Gasteiger partial charge in [0.25, 0.3) is 0 Å². The Morgan fingerprint density at radius 3 is 2.75 bits per heavy atom. The smallest absolute Gasteiger partial charge is 0.137 e. The van der Waals surface area contributed by atoms with Crippen molar-refractivity contribution in [3.63, 3.8) is 0 Å². The van der Waals surface area contributed by atoms with E-state index in [9.17, 15) is 0 Å². The van der Waals surface area contributed by atoms with Crippen LogP contribution in [0.15, 0.2) is 42.7 Å². The highest BCUT2D eigenvalue weighted by atomic mass is 35.5.